The van der Waals surface area contributed by atoms with Crippen LogP contribution in [0.2, 0.25) is 0 Å². The van der Waals surface area contributed by atoms with Crippen LogP contribution in [0.1, 0.15) is 26.7 Å². The molecule has 35 heavy (non-hydrogen) atoms. The monoisotopic (exact) mass is 504 g/mol. The van der Waals surface area contributed by atoms with E-state index in [9.17, 15) is 44.7 Å². The number of aliphatic hydroxyl groups is 1. The third kappa shape index (κ3) is 12.8. The van der Waals surface area contributed by atoms with E-state index in [4.69, 9.17) is 0 Å². The van der Waals surface area contributed by atoms with E-state index in [1.165, 1.54) is 0 Å². The van der Waals surface area contributed by atoms with E-state index in [2.05, 4.69) is 0 Å². The van der Waals surface area contributed by atoms with Gasteiger partial charge in [0.05, 0.1) is 25.7 Å². The van der Waals surface area contributed by atoms with Crippen LogP contribution >= 0.6 is 0 Å². The first kappa shape index (κ1) is 30.7. The Kier molecular flexibility index (Phi) is 13.7. The molecule has 1 rings (SSSR count). The zero-order valence-corrected chi connectivity index (χ0v) is 20.6. The first-order chi connectivity index (χ1) is 16.4. The minimum atomic E-state index is -1.06. The van der Waals surface area contributed by atoms with E-state index < -0.39 is 36.0 Å². The Hall–Kier alpha value is -2.32. The van der Waals surface area contributed by atoms with Crippen molar-refractivity contribution in [3.05, 3.63) is 0 Å². The summed E-state index contributed by atoms with van der Waals surface area (Å²) in [6.45, 7) is 4.87. The average Bonchev–Trinajstić information content (AvgIpc) is 2.73. The van der Waals surface area contributed by atoms with E-state index in [-0.39, 0.29) is 90.8 Å². The SMILES string of the molecule is CC(C)C(O)CCC(C(=O)O)N1CCN(CC(=O)O)CCN(CC(=O)O)CCN(CC(=O)O)CC1. The summed E-state index contributed by atoms with van der Waals surface area (Å²) >= 11 is 0. The van der Waals surface area contributed by atoms with Gasteiger partial charge in [0.1, 0.15) is 6.04 Å². The molecule has 1 heterocycles. The topological polar surface area (TPSA) is 182 Å². The largest absolute Gasteiger partial charge is 0.480 e. The van der Waals surface area contributed by atoms with E-state index >= 15 is 0 Å². The van der Waals surface area contributed by atoms with Gasteiger partial charge >= 0.3 is 23.9 Å². The van der Waals surface area contributed by atoms with Gasteiger partial charge in [-0.25, -0.2) is 0 Å². The molecule has 0 aromatic rings. The summed E-state index contributed by atoms with van der Waals surface area (Å²) in [5, 5.41) is 47.9. The Bertz CT molecular complexity index is 674. The van der Waals surface area contributed by atoms with Gasteiger partial charge in [-0.3, -0.25) is 38.8 Å². The lowest BCUT2D eigenvalue weighted by Gasteiger charge is -2.35. The molecule has 13 nitrogen and oxygen atoms in total. The summed E-state index contributed by atoms with van der Waals surface area (Å²) in [5.74, 6) is -4.21. The van der Waals surface area contributed by atoms with Crippen molar-refractivity contribution in [3.63, 3.8) is 0 Å². The smallest absolute Gasteiger partial charge is 0.320 e. The number of aliphatic hydroxyl groups excluding tert-OH is 1. The van der Waals surface area contributed by atoms with Gasteiger partial charge in [-0.1, -0.05) is 13.8 Å². The third-order valence-electron chi connectivity index (χ3n) is 6.18. The fourth-order valence-electron chi connectivity index (χ4n) is 4.04. The molecular formula is C22H40N4O9. The van der Waals surface area contributed by atoms with Crippen molar-refractivity contribution in [2.45, 2.75) is 38.8 Å². The summed E-state index contributed by atoms with van der Waals surface area (Å²) < 4.78 is 0. The number of carboxylic acids is 4. The molecule has 1 aliphatic heterocycles. The maximum absolute atomic E-state index is 12.1. The number of hydrogen-bond acceptors (Lipinski definition) is 9. The minimum Gasteiger partial charge on any atom is -0.480 e. The minimum absolute atomic E-state index is 0.0263. The van der Waals surface area contributed by atoms with Gasteiger partial charge in [-0.15, -0.1) is 0 Å². The molecule has 0 radical (unpaired) electrons. The molecule has 0 aromatic carbocycles. The van der Waals surface area contributed by atoms with Crippen LogP contribution in [0.3, 0.4) is 0 Å². The molecule has 1 aliphatic rings. The standard InChI is InChI=1S/C22H40N4O9/c1-16(2)18(27)4-3-17(22(34)35)26-11-9-24(14-20(30)31)7-5-23(13-19(28)29)6-8-25(10-12-26)15-21(32)33/h16-18,27H,3-15H2,1-2H3,(H,28,29)(H,30,31)(H,32,33)(H,34,35). The Balaban J connectivity index is 3.12. The number of carboxylic acid groups (broad SMARTS) is 4. The Morgan fingerprint density at radius 3 is 1.26 bits per heavy atom. The van der Waals surface area contributed by atoms with Crippen molar-refractivity contribution < 1.29 is 44.7 Å². The maximum atomic E-state index is 12.1. The normalized spacial score (nSPS) is 20.0. The lowest BCUT2D eigenvalue weighted by molar-refractivity contribution is -0.145. The van der Waals surface area contributed by atoms with Crippen LogP contribution in [0.4, 0.5) is 0 Å². The van der Waals surface area contributed by atoms with Crippen LogP contribution < -0.4 is 0 Å². The Morgan fingerprint density at radius 2 is 0.971 bits per heavy atom. The highest BCUT2D eigenvalue weighted by molar-refractivity contribution is 5.73. The molecule has 0 amide bonds. The van der Waals surface area contributed by atoms with Gasteiger partial charge < -0.3 is 25.5 Å². The van der Waals surface area contributed by atoms with Gasteiger partial charge in [-0.2, -0.15) is 0 Å². The zero-order chi connectivity index (χ0) is 26.5. The third-order valence-corrected chi connectivity index (χ3v) is 6.18. The fourth-order valence-corrected chi connectivity index (χ4v) is 4.04. The van der Waals surface area contributed by atoms with E-state index in [0.29, 0.717) is 0 Å². The van der Waals surface area contributed by atoms with Crippen LogP contribution in [0.15, 0.2) is 0 Å². The van der Waals surface area contributed by atoms with Gasteiger partial charge in [0.2, 0.25) is 0 Å². The molecule has 0 spiro atoms. The quantitative estimate of drug-likeness (QED) is 0.212. The molecule has 2 atom stereocenters. The number of nitrogens with zero attached hydrogens (tertiary/aromatic N) is 4. The predicted octanol–water partition coefficient (Wildman–Crippen LogP) is -1.29. The van der Waals surface area contributed by atoms with Crippen molar-refractivity contribution in [1.29, 1.82) is 0 Å². The first-order valence-corrected chi connectivity index (χ1v) is 11.9. The predicted molar refractivity (Wildman–Crippen MR) is 125 cm³/mol. The average molecular weight is 505 g/mol. The molecule has 2 unspecified atom stereocenters. The van der Waals surface area contributed by atoms with Gasteiger partial charge in [0.15, 0.2) is 0 Å². The Labute approximate surface area is 205 Å². The second-order valence-electron chi connectivity index (χ2n) is 9.29. The second-order valence-corrected chi connectivity index (χ2v) is 9.29. The van der Waals surface area contributed by atoms with Crippen molar-refractivity contribution in [2.24, 2.45) is 5.92 Å². The summed E-state index contributed by atoms with van der Waals surface area (Å²) in [4.78, 5) is 52.7. The Morgan fingerprint density at radius 1 is 0.629 bits per heavy atom. The number of aliphatic carboxylic acids is 4. The second kappa shape index (κ2) is 15.6. The lowest BCUT2D eigenvalue weighted by atomic mass is 9.99. The van der Waals surface area contributed by atoms with Crippen molar-refractivity contribution in [3.8, 4) is 0 Å². The van der Waals surface area contributed by atoms with Crippen LogP contribution in [-0.4, -0.2) is 153 Å². The van der Waals surface area contributed by atoms with E-state index in [0.717, 1.165) is 0 Å². The van der Waals surface area contributed by atoms with Crippen LogP contribution in [0.5, 0.6) is 0 Å². The summed E-state index contributed by atoms with van der Waals surface area (Å²) in [7, 11) is 0. The molecule has 0 aliphatic carbocycles. The lowest BCUT2D eigenvalue weighted by Crippen LogP contribution is -2.52. The summed E-state index contributed by atoms with van der Waals surface area (Å²) in [5.41, 5.74) is 0. The summed E-state index contributed by atoms with van der Waals surface area (Å²) in [6, 6.07) is -0.923. The molecule has 0 aromatic heterocycles. The van der Waals surface area contributed by atoms with Crippen LogP contribution in [0, 0.1) is 5.92 Å². The van der Waals surface area contributed by atoms with Crippen LogP contribution in [0.25, 0.3) is 0 Å². The first-order valence-electron chi connectivity index (χ1n) is 11.9. The molecule has 1 fully saturated rings. The molecule has 13 heteroatoms. The highest BCUT2D eigenvalue weighted by Crippen LogP contribution is 2.15. The molecule has 1 saturated heterocycles. The molecule has 202 valence electrons. The molecule has 5 N–H and O–H groups in total. The van der Waals surface area contributed by atoms with Crippen LogP contribution in [-0.2, 0) is 19.2 Å². The summed E-state index contributed by atoms with van der Waals surface area (Å²) in [6.07, 6.45) is -0.178. The van der Waals surface area contributed by atoms with Crippen molar-refractivity contribution >= 4 is 23.9 Å². The van der Waals surface area contributed by atoms with Gasteiger partial charge in [0, 0.05) is 52.4 Å². The maximum Gasteiger partial charge on any atom is 0.320 e. The van der Waals surface area contributed by atoms with Gasteiger partial charge in [-0.05, 0) is 18.8 Å². The van der Waals surface area contributed by atoms with E-state index in [1.54, 1.807) is 19.6 Å². The number of rotatable bonds is 12. The van der Waals surface area contributed by atoms with E-state index in [1.807, 2.05) is 13.8 Å². The molecule has 0 saturated carbocycles. The number of carbonyl (C=O) groups is 4. The highest BCUT2D eigenvalue weighted by atomic mass is 16.4. The molecular weight excluding hydrogens is 464 g/mol. The van der Waals surface area contributed by atoms with Gasteiger partial charge in [0.25, 0.3) is 0 Å². The van der Waals surface area contributed by atoms with Crippen molar-refractivity contribution in [2.75, 3.05) is 72.0 Å². The number of hydrogen-bond donors (Lipinski definition) is 5. The molecule has 0 bridgehead atoms. The van der Waals surface area contributed by atoms with Crippen molar-refractivity contribution in [1.82, 2.24) is 19.6 Å². The fraction of sp³-hybridized carbons (Fsp3) is 0.818. The highest BCUT2D eigenvalue weighted by Gasteiger charge is 2.28. The zero-order valence-electron chi connectivity index (χ0n) is 20.6.